The van der Waals surface area contributed by atoms with Gasteiger partial charge in [-0.1, -0.05) is 219 Å². The Bertz CT molecular complexity index is 847. The first kappa shape index (κ1) is 53.2. The molecule has 2 unspecified atom stereocenters. The van der Waals surface area contributed by atoms with Gasteiger partial charge in [-0.3, -0.25) is 4.79 Å². The average Bonchev–Trinajstić information content (AvgIpc) is 3.20. The summed E-state index contributed by atoms with van der Waals surface area (Å²) in [6, 6.07) is -0.711. The Labute approximate surface area is 344 Å². The summed E-state index contributed by atoms with van der Waals surface area (Å²) in [7, 11) is 0. The third-order valence-electron chi connectivity index (χ3n) is 12.0. The first-order valence-corrected chi connectivity index (χ1v) is 24.2. The summed E-state index contributed by atoms with van der Waals surface area (Å²) in [5, 5.41) is 54.4. The van der Waals surface area contributed by atoms with E-state index in [0.717, 1.165) is 38.5 Å². The smallest absolute Gasteiger partial charge is 0.220 e. The first-order chi connectivity index (χ1) is 27.3. The van der Waals surface area contributed by atoms with Crippen molar-refractivity contribution in [1.29, 1.82) is 0 Å². The van der Waals surface area contributed by atoms with E-state index in [1.807, 2.05) is 0 Å². The third kappa shape index (κ3) is 28.6. The maximum Gasteiger partial charge on any atom is 0.220 e. The van der Waals surface area contributed by atoms with E-state index in [2.05, 4.69) is 19.2 Å². The predicted molar refractivity (Wildman–Crippen MR) is 231 cm³/mol. The number of hydrogen-bond acceptors (Lipinski definition) is 8. The molecule has 0 aromatic heterocycles. The highest BCUT2D eigenvalue weighted by atomic mass is 16.7. The van der Waals surface area contributed by atoms with Crippen LogP contribution in [-0.2, 0) is 14.3 Å². The van der Waals surface area contributed by atoms with Crippen molar-refractivity contribution < 1.29 is 39.8 Å². The number of aliphatic hydroxyl groups excluding tert-OH is 5. The Balaban J connectivity index is 2.27. The SMILES string of the molecule is CCCCCCCCCCCCCCCCCCCCCC(=O)N[C@@H](CO[C@@H]1O[C@H](CO)[C@@H](O)C(O)C1O)[C@H](O)CCCCCCCCCCCCCCCC. The molecular weight excluding hydrogens is 707 g/mol. The molecular formula is C47H93NO8. The Morgan fingerprint density at radius 1 is 0.536 bits per heavy atom. The van der Waals surface area contributed by atoms with Gasteiger partial charge in [0, 0.05) is 6.42 Å². The van der Waals surface area contributed by atoms with Crippen LogP contribution in [0.4, 0.5) is 0 Å². The largest absolute Gasteiger partial charge is 0.394 e. The number of hydrogen-bond donors (Lipinski definition) is 6. The van der Waals surface area contributed by atoms with E-state index in [0.29, 0.717) is 12.8 Å². The lowest BCUT2D eigenvalue weighted by Crippen LogP contribution is -2.60. The molecule has 0 radical (unpaired) electrons. The number of ether oxygens (including phenoxy) is 2. The second kappa shape index (κ2) is 38.4. The third-order valence-corrected chi connectivity index (χ3v) is 12.0. The zero-order valence-electron chi connectivity index (χ0n) is 36.7. The summed E-state index contributed by atoms with van der Waals surface area (Å²) in [5.41, 5.74) is 0. The van der Waals surface area contributed by atoms with Gasteiger partial charge in [-0.2, -0.15) is 0 Å². The van der Waals surface area contributed by atoms with Gasteiger partial charge in [-0.05, 0) is 12.8 Å². The molecule has 1 rings (SSSR count). The molecule has 1 fully saturated rings. The molecule has 0 spiro atoms. The Hall–Kier alpha value is -0.810. The molecule has 1 heterocycles. The van der Waals surface area contributed by atoms with Crippen LogP contribution >= 0.6 is 0 Å². The molecule has 334 valence electrons. The van der Waals surface area contributed by atoms with Gasteiger partial charge in [0.1, 0.15) is 24.4 Å². The predicted octanol–water partition coefficient (Wildman–Crippen LogP) is 10.3. The first-order valence-electron chi connectivity index (χ1n) is 24.2. The molecule has 0 aliphatic carbocycles. The molecule has 0 aromatic rings. The zero-order valence-corrected chi connectivity index (χ0v) is 36.7. The van der Waals surface area contributed by atoms with Crippen LogP contribution in [0.3, 0.4) is 0 Å². The standard InChI is InChI=1S/C47H93NO8/c1-3-5-7-9-11-13-15-17-19-20-21-22-23-25-27-29-31-33-35-37-43(51)48-40(39-55-47-46(54)45(53)44(52)42(38-49)56-47)41(50)36-34-32-30-28-26-24-18-16-14-12-10-8-6-4-2/h40-42,44-47,49-50,52-54H,3-39H2,1-2H3,(H,48,51)/t40-,41+,42+,44+,45?,46?,47+/m0/s1. The average molecular weight is 800 g/mol. The quantitative estimate of drug-likeness (QED) is 0.0335. The van der Waals surface area contributed by atoms with E-state index in [1.165, 1.54) is 173 Å². The summed E-state index contributed by atoms with van der Waals surface area (Å²) in [4.78, 5) is 13.0. The minimum Gasteiger partial charge on any atom is -0.394 e. The molecule has 0 saturated carbocycles. The van der Waals surface area contributed by atoms with Crippen molar-refractivity contribution in [2.24, 2.45) is 0 Å². The van der Waals surface area contributed by atoms with Crippen LogP contribution in [0, 0.1) is 0 Å². The molecule has 56 heavy (non-hydrogen) atoms. The topological polar surface area (TPSA) is 149 Å². The van der Waals surface area contributed by atoms with Gasteiger partial charge in [0.15, 0.2) is 6.29 Å². The highest BCUT2D eigenvalue weighted by molar-refractivity contribution is 5.76. The van der Waals surface area contributed by atoms with Crippen molar-refractivity contribution in [2.45, 2.75) is 281 Å². The molecule has 1 saturated heterocycles. The second-order valence-electron chi connectivity index (χ2n) is 17.3. The van der Waals surface area contributed by atoms with Crippen molar-refractivity contribution in [3.8, 4) is 0 Å². The molecule has 6 N–H and O–H groups in total. The van der Waals surface area contributed by atoms with Gasteiger partial charge in [0.25, 0.3) is 0 Å². The van der Waals surface area contributed by atoms with Gasteiger partial charge >= 0.3 is 0 Å². The number of aliphatic hydroxyl groups is 5. The van der Waals surface area contributed by atoms with Crippen molar-refractivity contribution >= 4 is 5.91 Å². The van der Waals surface area contributed by atoms with E-state index in [4.69, 9.17) is 9.47 Å². The monoisotopic (exact) mass is 800 g/mol. The highest BCUT2D eigenvalue weighted by Gasteiger charge is 2.44. The minimum absolute atomic E-state index is 0.132. The molecule has 0 aromatic carbocycles. The zero-order chi connectivity index (χ0) is 40.9. The number of rotatable bonds is 41. The van der Waals surface area contributed by atoms with Crippen LogP contribution < -0.4 is 5.32 Å². The molecule has 1 amide bonds. The lowest BCUT2D eigenvalue weighted by molar-refractivity contribution is -0.302. The van der Waals surface area contributed by atoms with E-state index in [1.54, 1.807) is 0 Å². The molecule has 1 aliphatic rings. The maximum absolute atomic E-state index is 13.0. The van der Waals surface area contributed by atoms with E-state index >= 15 is 0 Å². The van der Waals surface area contributed by atoms with E-state index in [-0.39, 0.29) is 12.5 Å². The number of unbranched alkanes of at least 4 members (excludes halogenated alkanes) is 31. The van der Waals surface area contributed by atoms with Gasteiger partial charge < -0.3 is 40.3 Å². The highest BCUT2D eigenvalue weighted by Crippen LogP contribution is 2.23. The van der Waals surface area contributed by atoms with Crippen molar-refractivity contribution in [3.63, 3.8) is 0 Å². The van der Waals surface area contributed by atoms with Crippen molar-refractivity contribution in [2.75, 3.05) is 13.2 Å². The second-order valence-corrected chi connectivity index (χ2v) is 17.3. The van der Waals surface area contributed by atoms with Crippen LogP contribution in [0.5, 0.6) is 0 Å². The normalized spacial score (nSPS) is 21.0. The van der Waals surface area contributed by atoms with E-state index < -0.39 is 49.5 Å². The van der Waals surface area contributed by atoms with Gasteiger partial charge in [0.05, 0.1) is 25.4 Å². The number of amides is 1. The molecule has 7 atom stereocenters. The van der Waals surface area contributed by atoms with Crippen LogP contribution in [0.1, 0.15) is 239 Å². The van der Waals surface area contributed by atoms with Gasteiger partial charge in [-0.25, -0.2) is 0 Å². The number of carbonyl (C=O) groups is 1. The van der Waals surface area contributed by atoms with Gasteiger partial charge in [0.2, 0.25) is 5.91 Å². The van der Waals surface area contributed by atoms with Gasteiger partial charge in [-0.15, -0.1) is 0 Å². The van der Waals surface area contributed by atoms with Crippen molar-refractivity contribution in [3.05, 3.63) is 0 Å². The Morgan fingerprint density at radius 3 is 1.27 bits per heavy atom. The molecule has 9 heteroatoms. The fourth-order valence-electron chi connectivity index (χ4n) is 8.04. The molecule has 1 aliphatic heterocycles. The van der Waals surface area contributed by atoms with Crippen LogP contribution in [0.15, 0.2) is 0 Å². The molecule has 0 bridgehead atoms. The van der Waals surface area contributed by atoms with Crippen molar-refractivity contribution in [1.82, 2.24) is 5.32 Å². The summed E-state index contributed by atoms with van der Waals surface area (Å²) in [6.45, 7) is 3.85. The van der Waals surface area contributed by atoms with E-state index in [9.17, 15) is 30.3 Å². The maximum atomic E-state index is 13.0. The summed E-state index contributed by atoms with van der Waals surface area (Å²) < 4.78 is 11.3. The molecule has 9 nitrogen and oxygen atoms in total. The summed E-state index contributed by atoms with van der Waals surface area (Å²) >= 11 is 0. The fraction of sp³-hybridized carbons (Fsp3) is 0.979. The summed E-state index contributed by atoms with van der Waals surface area (Å²) in [6.07, 6.45) is 35.4. The Morgan fingerprint density at radius 2 is 0.893 bits per heavy atom. The number of carbonyl (C=O) groups excluding carboxylic acids is 1. The van der Waals surface area contributed by atoms with Crippen LogP contribution in [-0.4, -0.2) is 87.5 Å². The number of nitrogens with one attached hydrogen (secondary N) is 1. The van der Waals surface area contributed by atoms with Crippen LogP contribution in [0.25, 0.3) is 0 Å². The lowest BCUT2D eigenvalue weighted by atomic mass is 9.99. The fourth-order valence-corrected chi connectivity index (χ4v) is 8.04. The van der Waals surface area contributed by atoms with Crippen LogP contribution in [0.2, 0.25) is 0 Å². The minimum atomic E-state index is -1.55. The Kier molecular flexibility index (Phi) is 36.5. The summed E-state index contributed by atoms with van der Waals surface area (Å²) in [5.74, 6) is -0.139. The lowest BCUT2D eigenvalue weighted by Gasteiger charge is -2.40.